The first-order valence-corrected chi connectivity index (χ1v) is 7.40. The summed E-state index contributed by atoms with van der Waals surface area (Å²) in [5.74, 6) is 0. The Morgan fingerprint density at radius 3 is 2.11 bits per heavy atom. The first-order chi connectivity index (χ1) is 8.87. The minimum Gasteiger partial charge on any atom is -0.372 e. The fourth-order valence-electron chi connectivity index (χ4n) is 2.36. The van der Waals surface area contributed by atoms with E-state index in [4.69, 9.17) is 0 Å². The molecule has 0 aliphatic rings. The van der Waals surface area contributed by atoms with Crippen LogP contribution < -0.4 is 0 Å². The average Bonchev–Trinajstić information content (AvgIpc) is 2.34. The number of hydrogen-bond acceptors (Lipinski definition) is 1. The van der Waals surface area contributed by atoms with E-state index >= 15 is 0 Å². The minimum absolute atomic E-state index is 0.343. The molecular formula is C18H29N. The van der Waals surface area contributed by atoms with Crippen LogP contribution in [0.1, 0.15) is 52.2 Å². The van der Waals surface area contributed by atoms with Gasteiger partial charge in [0.2, 0.25) is 0 Å². The van der Waals surface area contributed by atoms with Gasteiger partial charge in [0.05, 0.1) is 0 Å². The van der Waals surface area contributed by atoms with Crippen molar-refractivity contribution in [3.05, 3.63) is 42.0 Å². The third-order valence-corrected chi connectivity index (χ3v) is 3.28. The van der Waals surface area contributed by atoms with Crippen LogP contribution in [-0.4, -0.2) is 18.0 Å². The predicted octanol–water partition coefficient (Wildman–Crippen LogP) is 4.98. The maximum absolute atomic E-state index is 4.24. The molecule has 0 N–H and O–H groups in total. The molecule has 0 saturated heterocycles. The molecule has 1 aromatic rings. The van der Waals surface area contributed by atoms with Crippen LogP contribution in [0.15, 0.2) is 30.8 Å². The van der Waals surface area contributed by atoms with Crippen molar-refractivity contribution in [3.63, 3.8) is 0 Å². The lowest BCUT2D eigenvalue weighted by Crippen LogP contribution is -2.22. The molecule has 1 aromatic carbocycles. The van der Waals surface area contributed by atoms with Gasteiger partial charge in [0.1, 0.15) is 0 Å². The fourth-order valence-corrected chi connectivity index (χ4v) is 2.36. The second kappa shape index (κ2) is 6.79. The average molecular weight is 259 g/mol. The number of rotatable bonds is 6. The SMILES string of the molecule is C=C(c1ccc(CC(C)(C)C)cc1)N(CC)CCC. The smallest absolute Gasteiger partial charge is 0.0366 e. The lowest BCUT2D eigenvalue weighted by Gasteiger charge is -2.25. The molecule has 19 heavy (non-hydrogen) atoms. The summed E-state index contributed by atoms with van der Waals surface area (Å²) in [7, 11) is 0. The molecule has 0 heterocycles. The molecule has 0 bridgehead atoms. The summed E-state index contributed by atoms with van der Waals surface area (Å²) in [5, 5.41) is 0. The van der Waals surface area contributed by atoms with E-state index in [-0.39, 0.29) is 0 Å². The predicted molar refractivity (Wildman–Crippen MR) is 86.2 cm³/mol. The van der Waals surface area contributed by atoms with Crippen LogP contribution >= 0.6 is 0 Å². The molecule has 0 saturated carbocycles. The van der Waals surface area contributed by atoms with Gasteiger partial charge >= 0.3 is 0 Å². The summed E-state index contributed by atoms with van der Waals surface area (Å²) < 4.78 is 0. The van der Waals surface area contributed by atoms with E-state index < -0.39 is 0 Å². The van der Waals surface area contributed by atoms with Crippen LogP contribution in [-0.2, 0) is 6.42 Å². The molecule has 0 atom stereocenters. The third-order valence-electron chi connectivity index (χ3n) is 3.28. The van der Waals surface area contributed by atoms with Crippen molar-refractivity contribution in [2.75, 3.05) is 13.1 Å². The Kier molecular flexibility index (Phi) is 5.65. The zero-order valence-corrected chi connectivity index (χ0v) is 13.3. The molecule has 1 nitrogen and oxygen atoms in total. The zero-order chi connectivity index (χ0) is 14.5. The molecule has 1 heteroatoms. The van der Waals surface area contributed by atoms with E-state index in [0.29, 0.717) is 5.41 Å². The van der Waals surface area contributed by atoms with Gasteiger partial charge in [-0.1, -0.05) is 58.5 Å². The van der Waals surface area contributed by atoms with Crippen molar-refractivity contribution in [1.29, 1.82) is 0 Å². The van der Waals surface area contributed by atoms with E-state index in [1.807, 2.05) is 0 Å². The molecule has 0 radical (unpaired) electrons. The maximum atomic E-state index is 4.24. The van der Waals surface area contributed by atoms with Crippen molar-refractivity contribution in [2.24, 2.45) is 5.41 Å². The van der Waals surface area contributed by atoms with Gasteiger partial charge in [-0.2, -0.15) is 0 Å². The summed E-state index contributed by atoms with van der Waals surface area (Å²) >= 11 is 0. The summed E-state index contributed by atoms with van der Waals surface area (Å²) in [6, 6.07) is 8.90. The Bertz CT molecular complexity index is 395. The molecule has 0 aromatic heterocycles. The lowest BCUT2D eigenvalue weighted by molar-refractivity contribution is 0.411. The topological polar surface area (TPSA) is 3.24 Å². The Morgan fingerprint density at radius 1 is 1.11 bits per heavy atom. The van der Waals surface area contributed by atoms with E-state index in [1.165, 1.54) is 11.1 Å². The van der Waals surface area contributed by atoms with Crippen LogP contribution in [0, 0.1) is 5.41 Å². The van der Waals surface area contributed by atoms with Gasteiger partial charge in [-0.15, -0.1) is 0 Å². The lowest BCUT2D eigenvalue weighted by atomic mass is 9.88. The molecule has 0 aliphatic heterocycles. The highest BCUT2D eigenvalue weighted by atomic mass is 15.1. The van der Waals surface area contributed by atoms with Crippen LogP contribution in [0.3, 0.4) is 0 Å². The normalized spacial score (nSPS) is 11.4. The highest BCUT2D eigenvalue weighted by Gasteiger charge is 2.12. The van der Waals surface area contributed by atoms with Gasteiger partial charge in [0.25, 0.3) is 0 Å². The Balaban J connectivity index is 2.78. The monoisotopic (exact) mass is 259 g/mol. The number of hydrogen-bond donors (Lipinski definition) is 0. The van der Waals surface area contributed by atoms with Gasteiger partial charge in [-0.3, -0.25) is 0 Å². The number of nitrogens with zero attached hydrogens (tertiary/aromatic N) is 1. The van der Waals surface area contributed by atoms with E-state index in [9.17, 15) is 0 Å². The highest BCUT2D eigenvalue weighted by Crippen LogP contribution is 2.23. The van der Waals surface area contributed by atoms with Crippen molar-refractivity contribution < 1.29 is 0 Å². The van der Waals surface area contributed by atoms with Crippen molar-refractivity contribution in [1.82, 2.24) is 4.90 Å². The van der Waals surface area contributed by atoms with Gasteiger partial charge in [-0.25, -0.2) is 0 Å². The quantitative estimate of drug-likeness (QED) is 0.696. The first-order valence-electron chi connectivity index (χ1n) is 7.40. The van der Waals surface area contributed by atoms with Gasteiger partial charge < -0.3 is 4.90 Å². The van der Waals surface area contributed by atoms with Crippen molar-refractivity contribution in [3.8, 4) is 0 Å². The highest BCUT2D eigenvalue weighted by molar-refractivity contribution is 5.62. The largest absolute Gasteiger partial charge is 0.372 e. The van der Waals surface area contributed by atoms with Crippen LogP contribution in [0.4, 0.5) is 0 Å². The Labute approximate surface area is 119 Å². The summed E-state index contributed by atoms with van der Waals surface area (Å²) in [4.78, 5) is 2.35. The minimum atomic E-state index is 0.343. The molecule has 1 rings (SSSR count). The zero-order valence-electron chi connectivity index (χ0n) is 13.3. The second-order valence-electron chi connectivity index (χ2n) is 6.46. The maximum Gasteiger partial charge on any atom is 0.0366 e. The van der Waals surface area contributed by atoms with Gasteiger partial charge in [-0.05, 0) is 36.3 Å². The summed E-state index contributed by atoms with van der Waals surface area (Å²) in [5.41, 5.74) is 4.14. The molecule has 0 fully saturated rings. The van der Waals surface area contributed by atoms with Crippen molar-refractivity contribution in [2.45, 2.75) is 47.5 Å². The Hall–Kier alpha value is -1.24. The molecule has 0 unspecified atom stereocenters. The number of benzene rings is 1. The molecule has 106 valence electrons. The molecule has 0 spiro atoms. The van der Waals surface area contributed by atoms with Crippen LogP contribution in [0.25, 0.3) is 5.70 Å². The second-order valence-corrected chi connectivity index (χ2v) is 6.46. The summed E-state index contributed by atoms with van der Waals surface area (Å²) in [6.07, 6.45) is 2.28. The Morgan fingerprint density at radius 2 is 1.68 bits per heavy atom. The third kappa shape index (κ3) is 5.10. The molecule has 0 aliphatic carbocycles. The van der Waals surface area contributed by atoms with E-state index in [2.05, 4.69) is 70.4 Å². The van der Waals surface area contributed by atoms with E-state index in [1.54, 1.807) is 0 Å². The molecular weight excluding hydrogens is 230 g/mol. The standard InChI is InChI=1S/C18H29N/c1-7-13-19(8-2)15(3)17-11-9-16(10-12-17)14-18(4,5)6/h9-12H,3,7-8,13-14H2,1-2,4-6H3. The summed E-state index contributed by atoms with van der Waals surface area (Å²) in [6.45, 7) is 17.6. The fraction of sp³-hybridized carbons (Fsp3) is 0.556. The van der Waals surface area contributed by atoms with Gasteiger partial charge in [0.15, 0.2) is 0 Å². The van der Waals surface area contributed by atoms with E-state index in [0.717, 1.165) is 31.6 Å². The van der Waals surface area contributed by atoms with Crippen LogP contribution in [0.5, 0.6) is 0 Å². The van der Waals surface area contributed by atoms with Crippen molar-refractivity contribution >= 4 is 5.70 Å². The van der Waals surface area contributed by atoms with Gasteiger partial charge in [0, 0.05) is 18.8 Å². The molecule has 0 amide bonds. The van der Waals surface area contributed by atoms with Crippen LogP contribution in [0.2, 0.25) is 0 Å². The first kappa shape index (κ1) is 15.8.